The van der Waals surface area contributed by atoms with Gasteiger partial charge in [-0.25, -0.2) is 4.79 Å². The van der Waals surface area contributed by atoms with Gasteiger partial charge in [-0.2, -0.15) is 0 Å². The average molecular weight is 442 g/mol. The number of hydrogen-bond acceptors (Lipinski definition) is 3. The minimum Gasteiger partial charge on any atom is -0.319 e. The summed E-state index contributed by atoms with van der Waals surface area (Å²) in [5.74, 6) is -0.584. The van der Waals surface area contributed by atoms with E-state index in [9.17, 15) is 14.4 Å². The third kappa shape index (κ3) is 3.12. The molecule has 2 aliphatic rings. The minimum absolute atomic E-state index is 0.245. The number of rotatable bonds is 4. The van der Waals surface area contributed by atoms with E-state index in [0.717, 1.165) is 39.5 Å². The maximum atomic E-state index is 13.4. The summed E-state index contributed by atoms with van der Waals surface area (Å²) in [5, 5.41) is 2.89. The molecule has 2 aromatic carbocycles. The van der Waals surface area contributed by atoms with Crippen LogP contribution in [0.1, 0.15) is 50.4 Å². The molecule has 1 aromatic heterocycles. The molecule has 2 heterocycles. The van der Waals surface area contributed by atoms with Gasteiger partial charge >= 0.3 is 6.03 Å². The molecule has 33 heavy (non-hydrogen) atoms. The fourth-order valence-electron chi connectivity index (χ4n) is 5.27. The zero-order valence-corrected chi connectivity index (χ0v) is 19.4. The van der Waals surface area contributed by atoms with Gasteiger partial charge in [-0.15, -0.1) is 0 Å². The van der Waals surface area contributed by atoms with E-state index in [4.69, 9.17) is 0 Å². The maximum Gasteiger partial charge on any atom is 0.325 e. The summed E-state index contributed by atoms with van der Waals surface area (Å²) in [5.41, 5.74) is 6.48. The Morgan fingerprint density at radius 1 is 1.00 bits per heavy atom. The van der Waals surface area contributed by atoms with Crippen LogP contribution in [0, 0.1) is 27.7 Å². The number of carbonyl (C=O) groups is 3. The van der Waals surface area contributed by atoms with Crippen molar-refractivity contribution in [2.24, 2.45) is 0 Å². The summed E-state index contributed by atoms with van der Waals surface area (Å²) >= 11 is 0. The molecule has 1 aliphatic carbocycles. The number of nitrogens with one attached hydrogen (secondary N) is 1. The Morgan fingerprint density at radius 3 is 2.52 bits per heavy atom. The van der Waals surface area contributed by atoms with Gasteiger partial charge in [0, 0.05) is 22.6 Å². The quantitative estimate of drug-likeness (QED) is 0.485. The summed E-state index contributed by atoms with van der Waals surface area (Å²) in [6.45, 7) is 7.71. The third-order valence-electron chi connectivity index (χ3n) is 7.20. The van der Waals surface area contributed by atoms with E-state index < -0.39 is 11.6 Å². The van der Waals surface area contributed by atoms with Crippen LogP contribution in [0.25, 0.3) is 5.69 Å². The molecule has 1 aliphatic heterocycles. The van der Waals surface area contributed by atoms with Crippen molar-refractivity contribution in [3.63, 3.8) is 0 Å². The van der Waals surface area contributed by atoms with Gasteiger partial charge in [0.2, 0.25) is 0 Å². The van der Waals surface area contributed by atoms with Gasteiger partial charge in [0.25, 0.3) is 5.91 Å². The minimum atomic E-state index is -1.05. The standard InChI is InChI=1S/C27H27N3O3/c1-16-9-10-21(13-17(16)2)30-18(3)14-22(19(30)4)24(31)15-29-25(32)27(28-26(29)33)12-11-20-7-5-6-8-23(20)27/h5-10,13-14H,11-12,15H2,1-4H3,(H,28,33). The van der Waals surface area contributed by atoms with Gasteiger partial charge in [-0.05, 0) is 81.0 Å². The number of fused-ring (bicyclic) bond motifs is 2. The predicted octanol–water partition coefficient (Wildman–Crippen LogP) is 4.29. The van der Waals surface area contributed by atoms with E-state index in [0.29, 0.717) is 12.0 Å². The highest BCUT2D eigenvalue weighted by Gasteiger charge is 2.55. The number of imide groups is 1. The molecule has 1 saturated heterocycles. The van der Waals surface area contributed by atoms with Crippen molar-refractivity contribution in [1.29, 1.82) is 0 Å². The van der Waals surface area contributed by atoms with Gasteiger partial charge in [-0.1, -0.05) is 30.3 Å². The first kappa shape index (κ1) is 21.2. The monoisotopic (exact) mass is 441 g/mol. The van der Waals surface area contributed by atoms with Crippen LogP contribution in [-0.2, 0) is 16.8 Å². The van der Waals surface area contributed by atoms with E-state index in [2.05, 4.69) is 31.3 Å². The van der Waals surface area contributed by atoms with Crippen molar-refractivity contribution in [1.82, 2.24) is 14.8 Å². The first-order valence-corrected chi connectivity index (χ1v) is 11.3. The number of nitrogens with zero attached hydrogens (tertiary/aromatic N) is 2. The number of carbonyl (C=O) groups excluding carboxylic acids is 3. The molecule has 1 fully saturated rings. The number of aromatic nitrogens is 1. The summed E-state index contributed by atoms with van der Waals surface area (Å²) in [4.78, 5) is 40.6. The number of benzene rings is 2. The van der Waals surface area contributed by atoms with Crippen molar-refractivity contribution in [2.75, 3.05) is 6.54 Å². The first-order valence-electron chi connectivity index (χ1n) is 11.3. The molecule has 1 unspecified atom stereocenters. The molecule has 6 heteroatoms. The van der Waals surface area contributed by atoms with Crippen molar-refractivity contribution in [3.8, 4) is 5.69 Å². The molecular formula is C27H27N3O3. The third-order valence-corrected chi connectivity index (χ3v) is 7.20. The Labute approximate surface area is 193 Å². The normalized spacial score (nSPS) is 19.3. The second kappa shape index (κ2) is 7.44. The number of amides is 3. The summed E-state index contributed by atoms with van der Waals surface area (Å²) < 4.78 is 2.04. The van der Waals surface area contributed by atoms with Crippen molar-refractivity contribution >= 4 is 17.7 Å². The largest absolute Gasteiger partial charge is 0.325 e. The molecular weight excluding hydrogens is 414 g/mol. The smallest absolute Gasteiger partial charge is 0.319 e. The first-order chi connectivity index (χ1) is 15.7. The molecule has 0 radical (unpaired) electrons. The molecule has 1 atom stereocenters. The predicted molar refractivity (Wildman–Crippen MR) is 126 cm³/mol. The lowest BCUT2D eigenvalue weighted by molar-refractivity contribution is -0.131. The van der Waals surface area contributed by atoms with E-state index >= 15 is 0 Å². The number of hydrogen-bond donors (Lipinski definition) is 1. The topological polar surface area (TPSA) is 71.4 Å². The zero-order valence-electron chi connectivity index (χ0n) is 19.4. The molecule has 6 nitrogen and oxygen atoms in total. The van der Waals surface area contributed by atoms with E-state index in [1.807, 2.05) is 54.8 Å². The van der Waals surface area contributed by atoms with Gasteiger partial charge in [0.1, 0.15) is 5.54 Å². The van der Waals surface area contributed by atoms with Gasteiger partial charge in [0.05, 0.1) is 6.54 Å². The van der Waals surface area contributed by atoms with Crippen molar-refractivity contribution in [3.05, 3.63) is 87.7 Å². The van der Waals surface area contributed by atoms with E-state index in [-0.39, 0.29) is 18.2 Å². The molecule has 0 bridgehead atoms. The van der Waals surface area contributed by atoms with Crippen LogP contribution in [-0.4, -0.2) is 33.7 Å². The lowest BCUT2D eigenvalue weighted by Crippen LogP contribution is -2.42. The molecule has 5 rings (SSSR count). The zero-order chi connectivity index (χ0) is 23.5. The van der Waals surface area contributed by atoms with Gasteiger partial charge in [-0.3, -0.25) is 14.5 Å². The number of Topliss-reactive ketones (excluding diaryl/α,β-unsaturated/α-hetero) is 1. The average Bonchev–Trinajstić information content (AvgIpc) is 3.38. The second-order valence-electron chi connectivity index (χ2n) is 9.20. The van der Waals surface area contributed by atoms with Crippen LogP contribution in [0.3, 0.4) is 0 Å². The summed E-state index contributed by atoms with van der Waals surface area (Å²) in [7, 11) is 0. The van der Waals surface area contributed by atoms with Crippen molar-refractivity contribution in [2.45, 2.75) is 46.1 Å². The molecule has 1 N–H and O–H groups in total. The maximum absolute atomic E-state index is 13.4. The van der Waals surface area contributed by atoms with Gasteiger partial charge in [0.15, 0.2) is 5.78 Å². The van der Waals surface area contributed by atoms with E-state index in [1.54, 1.807) is 0 Å². The Hall–Kier alpha value is -3.67. The number of aryl methyl sites for hydroxylation is 4. The Kier molecular flexibility index (Phi) is 4.78. The molecule has 3 amide bonds. The highest BCUT2D eigenvalue weighted by atomic mass is 16.2. The van der Waals surface area contributed by atoms with Crippen LogP contribution in [0.2, 0.25) is 0 Å². The van der Waals surface area contributed by atoms with Crippen LogP contribution in [0.4, 0.5) is 4.79 Å². The Morgan fingerprint density at radius 2 is 1.76 bits per heavy atom. The van der Waals surface area contributed by atoms with Gasteiger partial charge < -0.3 is 9.88 Å². The molecule has 1 spiro atoms. The summed E-state index contributed by atoms with van der Waals surface area (Å²) in [6.07, 6.45) is 1.24. The number of urea groups is 1. The van der Waals surface area contributed by atoms with E-state index in [1.165, 1.54) is 11.1 Å². The van der Waals surface area contributed by atoms with Crippen LogP contribution >= 0.6 is 0 Å². The highest BCUT2D eigenvalue weighted by molar-refractivity contribution is 6.12. The van der Waals surface area contributed by atoms with Crippen LogP contribution in [0.5, 0.6) is 0 Å². The fourth-order valence-corrected chi connectivity index (χ4v) is 5.27. The molecule has 168 valence electrons. The Bertz CT molecular complexity index is 1340. The Balaban J connectivity index is 1.43. The lowest BCUT2D eigenvalue weighted by atomic mass is 9.92. The highest BCUT2D eigenvalue weighted by Crippen LogP contribution is 2.41. The van der Waals surface area contributed by atoms with Crippen molar-refractivity contribution < 1.29 is 14.4 Å². The van der Waals surface area contributed by atoms with Crippen LogP contribution < -0.4 is 5.32 Å². The SMILES string of the molecule is Cc1ccc(-n2c(C)cc(C(=O)CN3C(=O)NC4(CCc5ccccc54)C3=O)c2C)cc1C. The molecule has 0 saturated carbocycles. The second-order valence-corrected chi connectivity index (χ2v) is 9.20. The van der Waals surface area contributed by atoms with Crippen LogP contribution in [0.15, 0.2) is 48.5 Å². The summed E-state index contributed by atoms with van der Waals surface area (Å²) in [6, 6.07) is 15.2. The molecule has 3 aromatic rings. The lowest BCUT2D eigenvalue weighted by Gasteiger charge is -2.22. The number of ketones is 1. The fraction of sp³-hybridized carbons (Fsp3) is 0.296.